The molecule has 0 saturated heterocycles. The molecule has 0 saturated carbocycles. The largest absolute Gasteiger partial charge is 0.352 e. The van der Waals surface area contributed by atoms with Gasteiger partial charge in [-0.15, -0.1) is 0 Å². The van der Waals surface area contributed by atoms with Gasteiger partial charge in [0.05, 0.1) is 18.8 Å². The summed E-state index contributed by atoms with van der Waals surface area (Å²) in [7, 11) is 0. The van der Waals surface area contributed by atoms with E-state index in [1.165, 1.54) is 11.3 Å². The Bertz CT molecular complexity index is 1050. The first-order chi connectivity index (χ1) is 15.2. The Labute approximate surface area is 180 Å². The minimum absolute atomic E-state index is 0.126. The molecule has 0 bridgehead atoms. The van der Waals surface area contributed by atoms with E-state index in [-0.39, 0.29) is 24.7 Å². The molecule has 158 valence electrons. The lowest BCUT2D eigenvalue weighted by molar-refractivity contribution is -0.133. The Morgan fingerprint density at radius 2 is 1.74 bits per heavy atom. The zero-order valence-corrected chi connectivity index (χ0v) is 17.1. The molecule has 0 fully saturated rings. The van der Waals surface area contributed by atoms with Crippen molar-refractivity contribution in [3.05, 3.63) is 83.9 Å². The lowest BCUT2D eigenvalue weighted by Gasteiger charge is -2.11. The molecule has 1 N–H and O–H groups in total. The first-order valence-electron chi connectivity index (χ1n) is 10.3. The molecule has 0 unspecified atom stereocenters. The zero-order chi connectivity index (χ0) is 21.5. The number of benzene rings is 2. The van der Waals surface area contributed by atoms with Gasteiger partial charge in [0, 0.05) is 25.8 Å². The van der Waals surface area contributed by atoms with Crippen molar-refractivity contribution in [2.75, 3.05) is 6.54 Å². The SMILES string of the molecule is O=C(CCC(=O)N1CCC(c2ccccc2)=N1)NCc1ccc(Cn2cncn2)cc1. The highest BCUT2D eigenvalue weighted by Crippen LogP contribution is 2.15. The summed E-state index contributed by atoms with van der Waals surface area (Å²) in [6, 6.07) is 17.8. The van der Waals surface area contributed by atoms with Crippen molar-refractivity contribution in [3.8, 4) is 0 Å². The van der Waals surface area contributed by atoms with E-state index in [1.54, 1.807) is 11.0 Å². The summed E-state index contributed by atoms with van der Waals surface area (Å²) in [5.74, 6) is -0.273. The van der Waals surface area contributed by atoms with Gasteiger partial charge in [0.15, 0.2) is 0 Å². The van der Waals surface area contributed by atoms with E-state index < -0.39 is 0 Å². The fraction of sp³-hybridized carbons (Fsp3) is 0.261. The second kappa shape index (κ2) is 9.80. The van der Waals surface area contributed by atoms with Gasteiger partial charge in [-0.3, -0.25) is 9.59 Å². The molecular weight excluding hydrogens is 392 g/mol. The molecule has 0 atom stereocenters. The summed E-state index contributed by atoms with van der Waals surface area (Å²) < 4.78 is 1.75. The Balaban J connectivity index is 1.20. The molecular formula is C23H24N6O2. The zero-order valence-electron chi connectivity index (χ0n) is 17.1. The summed E-state index contributed by atoms with van der Waals surface area (Å²) >= 11 is 0. The van der Waals surface area contributed by atoms with Crippen LogP contribution < -0.4 is 5.32 Å². The second-order valence-corrected chi connectivity index (χ2v) is 7.37. The van der Waals surface area contributed by atoms with E-state index >= 15 is 0 Å². The highest BCUT2D eigenvalue weighted by atomic mass is 16.2. The summed E-state index contributed by atoms with van der Waals surface area (Å²) in [5, 5.41) is 12.9. The molecule has 1 aliphatic rings. The Morgan fingerprint density at radius 3 is 2.48 bits per heavy atom. The van der Waals surface area contributed by atoms with Gasteiger partial charge in [-0.1, -0.05) is 54.6 Å². The molecule has 31 heavy (non-hydrogen) atoms. The number of carbonyl (C=O) groups excluding carboxylic acids is 2. The number of amides is 2. The Morgan fingerprint density at radius 1 is 0.968 bits per heavy atom. The van der Waals surface area contributed by atoms with Gasteiger partial charge in [0.25, 0.3) is 0 Å². The maximum absolute atomic E-state index is 12.4. The number of hydrazone groups is 1. The summed E-state index contributed by atoms with van der Waals surface area (Å²) in [5.41, 5.74) is 4.04. The smallest absolute Gasteiger partial charge is 0.243 e. The molecule has 0 aliphatic carbocycles. The molecule has 2 aromatic carbocycles. The minimum atomic E-state index is -0.147. The van der Waals surface area contributed by atoms with Gasteiger partial charge < -0.3 is 5.32 Å². The number of nitrogens with zero attached hydrogens (tertiary/aromatic N) is 5. The van der Waals surface area contributed by atoms with Gasteiger partial charge in [-0.2, -0.15) is 10.2 Å². The van der Waals surface area contributed by atoms with Crippen LogP contribution in [0.5, 0.6) is 0 Å². The minimum Gasteiger partial charge on any atom is -0.352 e. The van der Waals surface area contributed by atoms with Crippen LogP contribution in [0.4, 0.5) is 0 Å². The molecule has 8 heteroatoms. The second-order valence-electron chi connectivity index (χ2n) is 7.37. The number of aromatic nitrogens is 3. The summed E-state index contributed by atoms with van der Waals surface area (Å²) in [4.78, 5) is 28.5. The standard InChI is InChI=1S/C23H24N6O2/c30-22(25-14-18-6-8-19(9-7-18)15-28-17-24-16-26-28)10-11-23(31)29-13-12-21(27-29)20-4-2-1-3-5-20/h1-9,16-17H,10-15H2,(H,25,30). The molecule has 2 amide bonds. The monoisotopic (exact) mass is 416 g/mol. The van der Waals surface area contributed by atoms with Crippen LogP contribution in [0.15, 0.2) is 72.4 Å². The highest BCUT2D eigenvalue weighted by Gasteiger charge is 2.21. The van der Waals surface area contributed by atoms with Crippen molar-refractivity contribution in [1.29, 1.82) is 0 Å². The van der Waals surface area contributed by atoms with Crippen LogP contribution in [-0.2, 0) is 22.7 Å². The molecule has 4 rings (SSSR count). The van der Waals surface area contributed by atoms with Gasteiger partial charge in [-0.05, 0) is 16.7 Å². The van der Waals surface area contributed by atoms with Crippen molar-refractivity contribution in [2.24, 2.45) is 5.10 Å². The third-order valence-corrected chi connectivity index (χ3v) is 5.09. The fourth-order valence-electron chi connectivity index (χ4n) is 3.37. The number of hydrogen-bond donors (Lipinski definition) is 1. The van der Waals surface area contributed by atoms with E-state index in [4.69, 9.17) is 0 Å². The first kappa shape index (κ1) is 20.5. The van der Waals surface area contributed by atoms with Crippen molar-refractivity contribution in [3.63, 3.8) is 0 Å². The lowest BCUT2D eigenvalue weighted by atomic mass is 10.1. The van der Waals surface area contributed by atoms with Crippen molar-refractivity contribution < 1.29 is 9.59 Å². The predicted molar refractivity (Wildman–Crippen MR) is 116 cm³/mol. The van der Waals surface area contributed by atoms with E-state index in [0.717, 1.165) is 28.8 Å². The van der Waals surface area contributed by atoms with Crippen molar-refractivity contribution in [1.82, 2.24) is 25.1 Å². The average Bonchev–Trinajstić information content (AvgIpc) is 3.50. The van der Waals surface area contributed by atoms with E-state index in [1.807, 2.05) is 54.6 Å². The lowest BCUT2D eigenvalue weighted by Crippen LogP contribution is -2.27. The van der Waals surface area contributed by atoms with Gasteiger partial charge >= 0.3 is 0 Å². The number of nitrogens with one attached hydrogen (secondary N) is 1. The Kier molecular flexibility index (Phi) is 6.47. The maximum atomic E-state index is 12.4. The van der Waals surface area contributed by atoms with Crippen LogP contribution in [0, 0.1) is 0 Å². The van der Waals surface area contributed by atoms with Crippen LogP contribution in [0.25, 0.3) is 0 Å². The molecule has 1 aliphatic heterocycles. The molecule has 1 aromatic heterocycles. The van der Waals surface area contributed by atoms with Crippen LogP contribution in [0.3, 0.4) is 0 Å². The molecule has 2 heterocycles. The summed E-state index contributed by atoms with van der Waals surface area (Å²) in [6.45, 7) is 1.64. The van der Waals surface area contributed by atoms with Gasteiger partial charge in [0.2, 0.25) is 11.8 Å². The quantitative estimate of drug-likeness (QED) is 0.610. The first-order valence-corrected chi connectivity index (χ1v) is 10.3. The van der Waals surface area contributed by atoms with Gasteiger partial charge in [0.1, 0.15) is 12.7 Å². The third kappa shape index (κ3) is 5.63. The normalized spacial score (nSPS) is 13.2. The predicted octanol–water partition coefficient (Wildman–Crippen LogP) is 2.36. The Hall–Kier alpha value is -3.81. The fourth-order valence-corrected chi connectivity index (χ4v) is 3.37. The molecule has 8 nitrogen and oxygen atoms in total. The van der Waals surface area contributed by atoms with Crippen LogP contribution in [0.2, 0.25) is 0 Å². The van der Waals surface area contributed by atoms with Crippen LogP contribution >= 0.6 is 0 Å². The topological polar surface area (TPSA) is 92.5 Å². The highest BCUT2D eigenvalue weighted by molar-refractivity contribution is 6.02. The number of hydrogen-bond acceptors (Lipinski definition) is 5. The molecule has 0 radical (unpaired) electrons. The number of carbonyl (C=O) groups is 2. The van der Waals surface area contributed by atoms with E-state index in [2.05, 4.69) is 20.5 Å². The molecule has 3 aromatic rings. The number of rotatable bonds is 8. The van der Waals surface area contributed by atoms with Crippen molar-refractivity contribution >= 4 is 17.5 Å². The van der Waals surface area contributed by atoms with Crippen LogP contribution in [-0.4, -0.2) is 43.8 Å². The van der Waals surface area contributed by atoms with E-state index in [0.29, 0.717) is 19.6 Å². The van der Waals surface area contributed by atoms with Crippen molar-refractivity contribution in [2.45, 2.75) is 32.4 Å². The average molecular weight is 416 g/mol. The van der Waals surface area contributed by atoms with E-state index in [9.17, 15) is 9.59 Å². The van der Waals surface area contributed by atoms with Gasteiger partial charge in [-0.25, -0.2) is 14.7 Å². The third-order valence-electron chi connectivity index (χ3n) is 5.09. The summed E-state index contributed by atoms with van der Waals surface area (Å²) in [6.07, 6.45) is 4.21. The molecule has 0 spiro atoms. The van der Waals surface area contributed by atoms with Crippen LogP contribution in [0.1, 0.15) is 36.0 Å². The maximum Gasteiger partial charge on any atom is 0.243 e.